The van der Waals surface area contributed by atoms with Gasteiger partial charge in [-0.1, -0.05) is 109 Å². The summed E-state index contributed by atoms with van der Waals surface area (Å²) in [6.07, 6.45) is 0. The molecule has 0 bridgehead atoms. The van der Waals surface area contributed by atoms with Gasteiger partial charge in [0.25, 0.3) is 0 Å². The van der Waals surface area contributed by atoms with Crippen molar-refractivity contribution < 1.29 is 0 Å². The summed E-state index contributed by atoms with van der Waals surface area (Å²) in [6, 6.07) is 43.7. The molecule has 0 fully saturated rings. The Morgan fingerprint density at radius 2 is 1.06 bits per heavy atom. The minimum atomic E-state index is -0.106. The highest BCUT2D eigenvalue weighted by atomic mass is 79.9. The van der Waals surface area contributed by atoms with E-state index in [0.717, 1.165) is 10.2 Å². The fraction of sp³-hybridized carbons (Fsp3) is 0.0909. The van der Waals surface area contributed by atoms with E-state index in [2.05, 4.69) is 156 Å². The topological polar surface area (TPSA) is 3.24 Å². The zero-order valence-electron chi connectivity index (χ0n) is 19.9. The lowest BCUT2D eigenvalue weighted by Crippen LogP contribution is -2.30. The molecular weight excluding hydrogens is 490 g/mol. The number of rotatable bonds is 3. The Bertz CT molecular complexity index is 1460. The van der Waals surface area contributed by atoms with Crippen molar-refractivity contribution in [1.82, 2.24) is 0 Å². The molecule has 1 nitrogen and oxygen atoms in total. The van der Waals surface area contributed by atoms with Crippen LogP contribution in [0.15, 0.2) is 126 Å². The minimum absolute atomic E-state index is 0.106. The van der Waals surface area contributed by atoms with E-state index in [0.29, 0.717) is 0 Å². The number of hydrogen-bond acceptors (Lipinski definition) is 1. The Hall–Kier alpha value is -3.62. The predicted molar refractivity (Wildman–Crippen MR) is 152 cm³/mol. The molecule has 0 spiro atoms. The molecule has 0 amide bonds. The highest BCUT2D eigenvalue weighted by Gasteiger charge is 2.37. The van der Waals surface area contributed by atoms with Crippen LogP contribution in [0.2, 0.25) is 0 Å². The number of fused-ring (bicyclic) bond motifs is 2. The number of benzene rings is 5. The Balaban J connectivity index is 1.64. The van der Waals surface area contributed by atoms with Crippen LogP contribution < -0.4 is 4.90 Å². The van der Waals surface area contributed by atoms with E-state index in [9.17, 15) is 0 Å². The highest BCUT2D eigenvalue weighted by molar-refractivity contribution is 9.10. The summed E-state index contributed by atoms with van der Waals surface area (Å²) in [5, 5.41) is 0. The van der Waals surface area contributed by atoms with E-state index in [-0.39, 0.29) is 5.41 Å². The molecule has 5 aromatic carbocycles. The fourth-order valence-corrected chi connectivity index (χ4v) is 5.65. The van der Waals surface area contributed by atoms with Gasteiger partial charge in [-0.05, 0) is 75.8 Å². The second-order valence-corrected chi connectivity index (χ2v) is 10.6. The summed E-state index contributed by atoms with van der Waals surface area (Å²) in [4.78, 5) is 2.43. The summed E-state index contributed by atoms with van der Waals surface area (Å²) in [5.41, 5.74) is 11.0. The van der Waals surface area contributed by atoms with E-state index in [1.807, 2.05) is 0 Å². The van der Waals surface area contributed by atoms with E-state index in [1.54, 1.807) is 0 Å². The van der Waals surface area contributed by atoms with Gasteiger partial charge in [0.15, 0.2) is 0 Å². The highest BCUT2D eigenvalue weighted by Crippen LogP contribution is 2.53. The van der Waals surface area contributed by atoms with Gasteiger partial charge in [-0.2, -0.15) is 0 Å². The van der Waals surface area contributed by atoms with Crippen LogP contribution in [-0.4, -0.2) is 0 Å². The average molecular weight is 516 g/mol. The molecule has 2 heteroatoms. The van der Waals surface area contributed by atoms with Crippen LogP contribution in [-0.2, 0) is 5.41 Å². The van der Waals surface area contributed by atoms with Gasteiger partial charge >= 0.3 is 0 Å². The zero-order chi connectivity index (χ0) is 24.0. The summed E-state index contributed by atoms with van der Waals surface area (Å²) in [5.74, 6) is 0. The third-order valence-corrected chi connectivity index (χ3v) is 7.57. The first-order valence-electron chi connectivity index (χ1n) is 12.0. The molecule has 0 aromatic heterocycles. The van der Waals surface area contributed by atoms with Gasteiger partial charge in [0.2, 0.25) is 0 Å². The summed E-state index contributed by atoms with van der Waals surface area (Å²) < 4.78 is 1.10. The number of halogens is 1. The molecule has 170 valence electrons. The van der Waals surface area contributed by atoms with Crippen molar-refractivity contribution in [2.75, 3.05) is 4.90 Å². The number of nitrogens with zero attached hydrogens (tertiary/aromatic N) is 1. The van der Waals surface area contributed by atoms with Crippen LogP contribution in [0, 0.1) is 0 Å². The van der Waals surface area contributed by atoms with Crippen LogP contribution in [0.1, 0.15) is 25.0 Å². The van der Waals surface area contributed by atoms with E-state index in [1.165, 1.54) is 44.8 Å². The average Bonchev–Trinajstić information content (AvgIpc) is 2.90. The van der Waals surface area contributed by atoms with Crippen molar-refractivity contribution in [3.05, 3.63) is 137 Å². The van der Waals surface area contributed by atoms with Crippen molar-refractivity contribution in [3.8, 4) is 22.3 Å². The molecule has 0 saturated carbocycles. The monoisotopic (exact) mass is 515 g/mol. The first-order valence-corrected chi connectivity index (χ1v) is 12.8. The van der Waals surface area contributed by atoms with Crippen LogP contribution in [0.4, 0.5) is 17.1 Å². The molecule has 1 aliphatic heterocycles. The Labute approximate surface area is 215 Å². The van der Waals surface area contributed by atoms with E-state index in [4.69, 9.17) is 0 Å². The van der Waals surface area contributed by atoms with E-state index < -0.39 is 0 Å². The maximum atomic E-state index is 3.72. The molecule has 0 atom stereocenters. The molecule has 35 heavy (non-hydrogen) atoms. The van der Waals surface area contributed by atoms with Crippen molar-refractivity contribution >= 4 is 33.0 Å². The van der Waals surface area contributed by atoms with Gasteiger partial charge in [-0.25, -0.2) is 0 Å². The van der Waals surface area contributed by atoms with Gasteiger partial charge in [-0.15, -0.1) is 0 Å². The molecular formula is C33H26BrN. The first kappa shape index (κ1) is 21.9. The standard InChI is InChI=1S/C33H26BrN/c1-33(2)29-15-9-10-16-31(29)35(32-18-17-27(34)22-30(32)33)28-20-25(23-11-5-3-6-12-23)19-26(21-28)24-13-7-4-8-14-24/h3-22H,1-2H3. The van der Waals surface area contributed by atoms with Crippen LogP contribution in [0.3, 0.4) is 0 Å². The second-order valence-electron chi connectivity index (χ2n) is 9.64. The Kier molecular flexibility index (Phi) is 5.35. The molecule has 0 saturated heterocycles. The molecule has 0 unspecified atom stereocenters. The number of hydrogen-bond donors (Lipinski definition) is 0. The van der Waals surface area contributed by atoms with Gasteiger partial charge in [0, 0.05) is 15.6 Å². The van der Waals surface area contributed by atoms with Gasteiger partial charge < -0.3 is 4.90 Å². The molecule has 0 aliphatic carbocycles. The van der Waals surface area contributed by atoms with Gasteiger partial charge in [0.1, 0.15) is 0 Å². The first-order chi connectivity index (χ1) is 17.0. The number of para-hydroxylation sites is 1. The molecule has 6 rings (SSSR count). The summed E-state index contributed by atoms with van der Waals surface area (Å²) in [7, 11) is 0. The molecule has 5 aromatic rings. The van der Waals surface area contributed by atoms with Crippen molar-refractivity contribution in [1.29, 1.82) is 0 Å². The third-order valence-electron chi connectivity index (χ3n) is 7.08. The lowest BCUT2D eigenvalue weighted by molar-refractivity contribution is 0.631. The van der Waals surface area contributed by atoms with Gasteiger partial charge in [0.05, 0.1) is 11.4 Å². The molecule has 1 aliphatic rings. The fourth-order valence-electron chi connectivity index (χ4n) is 5.29. The molecule has 0 radical (unpaired) electrons. The molecule has 1 heterocycles. The van der Waals surface area contributed by atoms with Crippen molar-refractivity contribution in [2.24, 2.45) is 0 Å². The van der Waals surface area contributed by atoms with Crippen LogP contribution in [0.5, 0.6) is 0 Å². The second kappa shape index (κ2) is 8.55. The smallest absolute Gasteiger partial charge is 0.0503 e. The van der Waals surface area contributed by atoms with Crippen molar-refractivity contribution in [2.45, 2.75) is 19.3 Å². The summed E-state index contributed by atoms with van der Waals surface area (Å²) in [6.45, 7) is 4.65. The largest absolute Gasteiger partial charge is 0.310 e. The Morgan fingerprint density at radius 3 is 1.69 bits per heavy atom. The predicted octanol–water partition coefficient (Wildman–Crippen LogP) is 9.89. The summed E-state index contributed by atoms with van der Waals surface area (Å²) >= 11 is 3.72. The lowest BCUT2D eigenvalue weighted by atomic mass is 9.73. The lowest BCUT2D eigenvalue weighted by Gasteiger charge is -2.42. The number of anilines is 3. The normalized spacial score (nSPS) is 13.7. The van der Waals surface area contributed by atoms with E-state index >= 15 is 0 Å². The SMILES string of the molecule is CC1(C)c2ccccc2N(c2cc(-c3ccccc3)cc(-c3ccccc3)c2)c2ccc(Br)cc21. The minimum Gasteiger partial charge on any atom is -0.310 e. The molecule has 0 N–H and O–H groups in total. The van der Waals surface area contributed by atoms with Crippen LogP contribution in [0.25, 0.3) is 22.3 Å². The maximum absolute atomic E-state index is 3.72. The van der Waals surface area contributed by atoms with Crippen molar-refractivity contribution in [3.63, 3.8) is 0 Å². The quantitative estimate of drug-likeness (QED) is 0.231. The Morgan fingerprint density at radius 1 is 0.514 bits per heavy atom. The van der Waals surface area contributed by atoms with Crippen LogP contribution >= 0.6 is 15.9 Å². The zero-order valence-corrected chi connectivity index (χ0v) is 21.5. The third kappa shape index (κ3) is 3.79. The maximum Gasteiger partial charge on any atom is 0.0503 e. The van der Waals surface area contributed by atoms with Gasteiger partial charge in [-0.3, -0.25) is 0 Å².